The van der Waals surface area contributed by atoms with Crippen molar-refractivity contribution < 1.29 is 24.4 Å². The Hall–Kier alpha value is -1.75. The fourth-order valence-corrected chi connectivity index (χ4v) is 3.98. The second kappa shape index (κ2) is 9.64. The average Bonchev–Trinajstić information content (AvgIpc) is 3.26. The van der Waals surface area contributed by atoms with Gasteiger partial charge in [-0.3, -0.25) is 0 Å². The summed E-state index contributed by atoms with van der Waals surface area (Å²) in [6.07, 6.45) is 0.221. The van der Waals surface area contributed by atoms with E-state index >= 15 is 0 Å². The molecule has 5 N–H and O–H groups in total. The lowest BCUT2D eigenvalue weighted by Crippen LogP contribution is -2.30. The first kappa shape index (κ1) is 22.5. The number of nitrogen functional groups attached to an aromatic ring is 1. The van der Waals surface area contributed by atoms with E-state index < -0.39 is 32.3 Å². The third-order valence-electron chi connectivity index (χ3n) is 4.80. The van der Waals surface area contributed by atoms with Gasteiger partial charge < -0.3 is 25.6 Å². The van der Waals surface area contributed by atoms with Gasteiger partial charge in [0.15, 0.2) is 11.5 Å². The van der Waals surface area contributed by atoms with E-state index in [-0.39, 0.29) is 23.4 Å². The fourth-order valence-electron chi connectivity index (χ4n) is 3.08. The number of ether oxygens (including phenoxy) is 1. The number of hydrogen-bond donors (Lipinski definition) is 4. The number of anilines is 1. The summed E-state index contributed by atoms with van der Waals surface area (Å²) < 4.78 is 18.6. The number of hydrogen-bond acceptors (Lipinski definition) is 9. The third kappa shape index (κ3) is 4.29. The van der Waals surface area contributed by atoms with Gasteiger partial charge in [0.2, 0.25) is 0 Å². The summed E-state index contributed by atoms with van der Waals surface area (Å²) in [7, 11) is -2.90. The number of rotatable bonds is 6. The monoisotopic (exact) mass is 415 g/mol. The molecule has 0 bridgehead atoms. The van der Waals surface area contributed by atoms with Crippen molar-refractivity contribution in [3.63, 3.8) is 0 Å². The van der Waals surface area contributed by atoms with Gasteiger partial charge in [-0.1, -0.05) is 20.8 Å². The minimum Gasteiger partial charge on any atom is -0.394 e. The van der Waals surface area contributed by atoms with E-state index in [9.17, 15) is 19.7 Å². The molecule has 0 spiro atoms. The Morgan fingerprint density at radius 3 is 2.43 bits per heavy atom. The lowest BCUT2D eigenvalue weighted by molar-refractivity contribution is -0.0693. The lowest BCUT2D eigenvalue weighted by Gasteiger charge is -2.17. The Kier molecular flexibility index (Phi) is 7.76. The smallest absolute Gasteiger partial charge is 0.394 e. The van der Waals surface area contributed by atoms with Gasteiger partial charge in [0.25, 0.3) is 0 Å². The molecule has 2 aromatic heterocycles. The van der Waals surface area contributed by atoms with Gasteiger partial charge in [-0.05, 0) is 24.2 Å². The predicted octanol–water partition coefficient (Wildman–Crippen LogP) is 0.244. The van der Waals surface area contributed by atoms with E-state index in [0.717, 1.165) is 0 Å². The molecule has 1 unspecified atom stereocenters. The molecular formula is C16H28N6O5P+. The molecule has 3 rings (SSSR count). The number of aliphatic hydroxyl groups excluding tert-OH is 2. The van der Waals surface area contributed by atoms with Crippen LogP contribution in [0.5, 0.6) is 0 Å². The Labute approximate surface area is 164 Å². The number of nitrogens with zero attached hydrogens (tertiary/aromatic N) is 5. The number of imidazole rings is 1. The van der Waals surface area contributed by atoms with Crippen LogP contribution in [0.15, 0.2) is 12.7 Å². The zero-order valence-electron chi connectivity index (χ0n) is 16.3. The van der Waals surface area contributed by atoms with Gasteiger partial charge in [-0.25, -0.2) is 19.5 Å². The summed E-state index contributed by atoms with van der Waals surface area (Å²) in [6, 6.07) is 0. The van der Waals surface area contributed by atoms with E-state index in [1.807, 2.05) is 0 Å². The zero-order chi connectivity index (χ0) is 20.9. The Morgan fingerprint density at radius 2 is 1.96 bits per heavy atom. The highest BCUT2D eigenvalue weighted by Crippen LogP contribution is 2.51. The van der Waals surface area contributed by atoms with Crippen LogP contribution in [0.2, 0.25) is 0 Å². The standard InChI is InChI=1S/C10H12N5O5P.C6H15N/c11-8-7-9(13-3-12-8)15(4-14-7)10(21(18)19)1-5(17)6(2-16)20-10;1-4-7(5-2)6-3/h3-6,16-17H,1-2H2,(H2-,11,12,13,18,19);4-6H2,1-3H3/p+1/t5-,6+,10-;/m0./s1. The van der Waals surface area contributed by atoms with Crippen molar-refractivity contribution in [2.45, 2.75) is 44.9 Å². The second-order valence-corrected chi connectivity index (χ2v) is 7.54. The maximum absolute atomic E-state index is 11.9. The van der Waals surface area contributed by atoms with Crippen LogP contribution in [-0.4, -0.2) is 78.0 Å². The lowest BCUT2D eigenvalue weighted by atomic mass is 10.2. The molecule has 0 radical (unpaired) electrons. The molecule has 1 fully saturated rings. The Bertz CT molecular complexity index is 795. The van der Waals surface area contributed by atoms with E-state index in [2.05, 4.69) is 40.6 Å². The molecule has 1 saturated heterocycles. The van der Waals surface area contributed by atoms with Crippen molar-refractivity contribution in [2.24, 2.45) is 0 Å². The molecular weight excluding hydrogens is 387 g/mol. The molecule has 4 atom stereocenters. The maximum atomic E-state index is 11.9. The Balaban J connectivity index is 0.000000345. The fraction of sp³-hybridized carbons (Fsp3) is 0.688. The van der Waals surface area contributed by atoms with Crippen molar-refractivity contribution in [2.75, 3.05) is 32.0 Å². The number of fused-ring (bicyclic) bond motifs is 1. The number of aromatic nitrogens is 4. The molecule has 0 saturated carbocycles. The SMILES string of the molecule is CCN(CC)CC.Nc1ncnc2c1ncn2[C@@]1([P+](=O)O)C[C@H](O)[C@@H](CO)O1. The number of nitrogens with two attached hydrogens (primary N) is 1. The number of aliphatic hydroxyl groups is 2. The van der Waals surface area contributed by atoms with Crippen LogP contribution >= 0.6 is 8.03 Å². The van der Waals surface area contributed by atoms with Crippen molar-refractivity contribution >= 4 is 25.0 Å². The van der Waals surface area contributed by atoms with E-state index in [0.29, 0.717) is 0 Å². The Morgan fingerprint density at radius 1 is 1.32 bits per heavy atom. The summed E-state index contributed by atoms with van der Waals surface area (Å²) in [5.41, 5.74) is 4.40. The molecule has 156 valence electrons. The van der Waals surface area contributed by atoms with E-state index in [1.165, 1.54) is 36.9 Å². The quantitative estimate of drug-likeness (QED) is 0.481. The van der Waals surface area contributed by atoms with Crippen LogP contribution in [0.1, 0.15) is 27.2 Å². The summed E-state index contributed by atoms with van der Waals surface area (Å²) in [4.78, 5) is 23.9. The maximum Gasteiger partial charge on any atom is 0.566 e. The van der Waals surface area contributed by atoms with Gasteiger partial charge in [-0.15, -0.1) is 0 Å². The van der Waals surface area contributed by atoms with Crippen LogP contribution in [0.25, 0.3) is 11.2 Å². The summed E-state index contributed by atoms with van der Waals surface area (Å²) in [6.45, 7) is 9.65. The normalized spacial score (nSPS) is 25.0. The van der Waals surface area contributed by atoms with E-state index in [1.54, 1.807) is 0 Å². The van der Waals surface area contributed by atoms with Crippen LogP contribution in [-0.2, 0) is 14.8 Å². The highest BCUT2D eigenvalue weighted by atomic mass is 31.1. The molecule has 12 heteroatoms. The van der Waals surface area contributed by atoms with Crippen LogP contribution in [0, 0.1) is 0 Å². The highest BCUT2D eigenvalue weighted by molar-refractivity contribution is 7.39. The molecule has 0 amide bonds. The second-order valence-electron chi connectivity index (χ2n) is 6.29. The van der Waals surface area contributed by atoms with Gasteiger partial charge >= 0.3 is 13.5 Å². The first-order chi connectivity index (χ1) is 13.3. The topological polar surface area (TPSA) is 160 Å². The van der Waals surface area contributed by atoms with Gasteiger partial charge in [0, 0.05) is 0 Å². The summed E-state index contributed by atoms with van der Waals surface area (Å²) >= 11 is 0. The van der Waals surface area contributed by atoms with Gasteiger partial charge in [-0.2, -0.15) is 4.89 Å². The van der Waals surface area contributed by atoms with Crippen molar-refractivity contribution in [3.05, 3.63) is 12.7 Å². The average molecular weight is 415 g/mol. The minimum absolute atomic E-state index is 0.124. The highest BCUT2D eigenvalue weighted by Gasteiger charge is 2.62. The van der Waals surface area contributed by atoms with Crippen LogP contribution < -0.4 is 5.73 Å². The van der Waals surface area contributed by atoms with Crippen molar-refractivity contribution in [3.8, 4) is 0 Å². The molecule has 1 aliphatic rings. The summed E-state index contributed by atoms with van der Waals surface area (Å²) in [5, 5.41) is 19.1. The van der Waals surface area contributed by atoms with Gasteiger partial charge in [0.05, 0.1) is 19.1 Å². The minimum atomic E-state index is -2.90. The predicted molar refractivity (Wildman–Crippen MR) is 104 cm³/mol. The van der Waals surface area contributed by atoms with Gasteiger partial charge in [0.1, 0.15) is 24.3 Å². The first-order valence-corrected chi connectivity index (χ1v) is 10.3. The van der Waals surface area contributed by atoms with E-state index in [4.69, 9.17) is 10.5 Å². The van der Waals surface area contributed by atoms with Crippen molar-refractivity contribution in [1.29, 1.82) is 0 Å². The summed E-state index contributed by atoms with van der Waals surface area (Å²) in [5.74, 6) is 0.124. The zero-order valence-corrected chi connectivity index (χ0v) is 17.2. The first-order valence-electron chi connectivity index (χ1n) is 9.13. The molecule has 3 heterocycles. The molecule has 0 aliphatic carbocycles. The third-order valence-corrected chi connectivity index (χ3v) is 5.90. The van der Waals surface area contributed by atoms with Crippen molar-refractivity contribution in [1.82, 2.24) is 24.4 Å². The molecule has 0 aromatic carbocycles. The largest absolute Gasteiger partial charge is 0.566 e. The van der Waals surface area contributed by atoms with Crippen LogP contribution in [0.3, 0.4) is 0 Å². The molecule has 1 aliphatic heterocycles. The molecule has 2 aromatic rings. The molecule has 11 nitrogen and oxygen atoms in total. The molecule has 28 heavy (non-hydrogen) atoms. The van der Waals surface area contributed by atoms with Crippen LogP contribution in [0.4, 0.5) is 5.82 Å².